The van der Waals surface area contributed by atoms with E-state index in [1.165, 1.54) is 0 Å². The Hall–Kier alpha value is -0.340. The number of benzene rings is 1. The minimum atomic E-state index is 0.552. The molecule has 14 heavy (non-hydrogen) atoms. The van der Waals surface area contributed by atoms with Crippen LogP contribution in [0.25, 0.3) is 0 Å². The Bertz CT molecular complexity index is 312. The van der Waals surface area contributed by atoms with E-state index in [1.54, 1.807) is 11.8 Å². The average molecular weight is 230 g/mol. The summed E-state index contributed by atoms with van der Waals surface area (Å²) in [7, 11) is 0. The highest BCUT2D eigenvalue weighted by atomic mass is 35.5. The first-order chi connectivity index (χ1) is 6.50. The number of hydrogen-bond acceptors (Lipinski definition) is 2. The molecule has 0 spiro atoms. The lowest BCUT2D eigenvalue weighted by molar-refractivity contribution is 0.642. The molecular formula is C11H16ClNS. The van der Waals surface area contributed by atoms with Crippen molar-refractivity contribution in [3.8, 4) is 0 Å². The summed E-state index contributed by atoms with van der Waals surface area (Å²) in [5.41, 5.74) is 6.67. The Morgan fingerprint density at radius 2 is 1.93 bits per heavy atom. The van der Waals surface area contributed by atoms with Crippen LogP contribution in [0.15, 0.2) is 23.1 Å². The molecule has 0 aliphatic heterocycles. The molecule has 3 heteroatoms. The molecule has 0 aliphatic rings. The molecule has 1 unspecified atom stereocenters. The minimum Gasteiger partial charge on any atom is -0.398 e. The second-order valence-corrected chi connectivity index (χ2v) is 5.60. The molecule has 1 nitrogen and oxygen atoms in total. The van der Waals surface area contributed by atoms with Gasteiger partial charge in [-0.1, -0.05) is 32.4 Å². The molecule has 0 saturated carbocycles. The van der Waals surface area contributed by atoms with Crippen LogP contribution in [-0.4, -0.2) is 5.25 Å². The van der Waals surface area contributed by atoms with Crippen LogP contribution in [0.1, 0.15) is 20.8 Å². The van der Waals surface area contributed by atoms with Crippen LogP contribution in [0.2, 0.25) is 5.02 Å². The van der Waals surface area contributed by atoms with Crippen molar-refractivity contribution < 1.29 is 0 Å². The molecule has 0 bridgehead atoms. The summed E-state index contributed by atoms with van der Waals surface area (Å²) < 4.78 is 0. The Kier molecular flexibility index (Phi) is 4.14. The van der Waals surface area contributed by atoms with Crippen molar-refractivity contribution in [2.75, 3.05) is 5.73 Å². The molecule has 0 amide bonds. The van der Waals surface area contributed by atoms with Gasteiger partial charge in [0.25, 0.3) is 0 Å². The number of nitrogens with two attached hydrogens (primary N) is 1. The molecule has 1 rings (SSSR count). The second kappa shape index (κ2) is 4.94. The molecule has 1 atom stereocenters. The van der Waals surface area contributed by atoms with E-state index < -0.39 is 0 Å². The fraction of sp³-hybridized carbons (Fsp3) is 0.455. The van der Waals surface area contributed by atoms with E-state index in [2.05, 4.69) is 20.8 Å². The fourth-order valence-corrected chi connectivity index (χ4v) is 2.26. The largest absolute Gasteiger partial charge is 0.398 e. The van der Waals surface area contributed by atoms with Crippen LogP contribution >= 0.6 is 23.4 Å². The molecule has 0 heterocycles. The third kappa shape index (κ3) is 3.10. The van der Waals surface area contributed by atoms with Crippen LogP contribution in [0.5, 0.6) is 0 Å². The highest BCUT2D eigenvalue weighted by Crippen LogP contribution is 2.33. The van der Waals surface area contributed by atoms with Crippen molar-refractivity contribution in [3.05, 3.63) is 23.2 Å². The summed E-state index contributed by atoms with van der Waals surface area (Å²) in [6.07, 6.45) is 0. The minimum absolute atomic E-state index is 0.552. The number of hydrogen-bond donors (Lipinski definition) is 1. The van der Waals surface area contributed by atoms with Gasteiger partial charge in [-0.05, 0) is 24.1 Å². The van der Waals surface area contributed by atoms with Crippen LogP contribution in [0.4, 0.5) is 5.69 Å². The Labute approximate surface area is 95.0 Å². The summed E-state index contributed by atoms with van der Waals surface area (Å²) in [6, 6.07) is 5.61. The van der Waals surface area contributed by atoms with E-state index in [9.17, 15) is 0 Å². The van der Waals surface area contributed by atoms with Crippen LogP contribution in [0, 0.1) is 5.92 Å². The zero-order valence-corrected chi connectivity index (χ0v) is 10.3. The molecule has 78 valence electrons. The molecule has 0 aliphatic carbocycles. The SMILES string of the molecule is CC(C)C(C)Sc1cc(Cl)ccc1N. The third-order valence-corrected chi connectivity index (χ3v) is 3.99. The van der Waals surface area contributed by atoms with Gasteiger partial charge in [0, 0.05) is 20.9 Å². The first kappa shape index (κ1) is 11.7. The first-order valence-electron chi connectivity index (χ1n) is 4.72. The zero-order valence-electron chi connectivity index (χ0n) is 8.75. The lowest BCUT2D eigenvalue weighted by Crippen LogP contribution is -2.05. The molecule has 0 fully saturated rings. The van der Waals surface area contributed by atoms with Crippen LogP contribution in [0.3, 0.4) is 0 Å². The van der Waals surface area contributed by atoms with Crippen molar-refractivity contribution in [2.24, 2.45) is 5.92 Å². The van der Waals surface area contributed by atoms with E-state index in [4.69, 9.17) is 17.3 Å². The maximum atomic E-state index is 5.91. The number of thioether (sulfide) groups is 1. The average Bonchev–Trinajstić information content (AvgIpc) is 2.11. The van der Waals surface area contributed by atoms with Gasteiger partial charge in [-0.15, -0.1) is 11.8 Å². The summed E-state index contributed by atoms with van der Waals surface area (Å²) in [6.45, 7) is 6.62. The predicted octanol–water partition coefficient (Wildman–Crippen LogP) is 4.06. The van der Waals surface area contributed by atoms with Crippen molar-refractivity contribution >= 4 is 29.1 Å². The summed E-state index contributed by atoms with van der Waals surface area (Å²) in [5, 5.41) is 1.30. The summed E-state index contributed by atoms with van der Waals surface area (Å²) in [5.74, 6) is 0.637. The van der Waals surface area contributed by atoms with Gasteiger partial charge in [0.15, 0.2) is 0 Å². The second-order valence-electron chi connectivity index (χ2n) is 3.75. The third-order valence-electron chi connectivity index (χ3n) is 2.23. The van der Waals surface area contributed by atoms with Gasteiger partial charge in [0.2, 0.25) is 0 Å². The van der Waals surface area contributed by atoms with E-state index in [1.807, 2.05) is 18.2 Å². The maximum Gasteiger partial charge on any atom is 0.0453 e. The lowest BCUT2D eigenvalue weighted by Gasteiger charge is -2.16. The molecule has 0 aromatic heterocycles. The van der Waals surface area contributed by atoms with Crippen LogP contribution in [-0.2, 0) is 0 Å². The Morgan fingerprint density at radius 3 is 2.50 bits per heavy atom. The van der Waals surface area contributed by atoms with Gasteiger partial charge in [-0.3, -0.25) is 0 Å². The van der Waals surface area contributed by atoms with E-state index >= 15 is 0 Å². The Balaban J connectivity index is 2.80. The van der Waals surface area contributed by atoms with E-state index in [-0.39, 0.29) is 0 Å². The summed E-state index contributed by atoms with van der Waals surface area (Å²) in [4.78, 5) is 1.08. The normalized spacial score (nSPS) is 13.2. The van der Waals surface area contributed by atoms with Crippen molar-refractivity contribution in [1.82, 2.24) is 0 Å². The standard InChI is InChI=1S/C11H16ClNS/c1-7(2)8(3)14-11-6-9(12)4-5-10(11)13/h4-8H,13H2,1-3H3. The van der Waals surface area contributed by atoms with Gasteiger partial charge in [0.05, 0.1) is 0 Å². The number of rotatable bonds is 3. The summed E-state index contributed by atoms with van der Waals surface area (Å²) >= 11 is 7.69. The first-order valence-corrected chi connectivity index (χ1v) is 5.98. The topological polar surface area (TPSA) is 26.0 Å². The van der Waals surface area contributed by atoms with Gasteiger partial charge in [-0.25, -0.2) is 0 Å². The molecule has 2 N–H and O–H groups in total. The maximum absolute atomic E-state index is 5.91. The quantitative estimate of drug-likeness (QED) is 0.625. The van der Waals surface area contributed by atoms with Gasteiger partial charge < -0.3 is 5.73 Å². The lowest BCUT2D eigenvalue weighted by atomic mass is 10.2. The zero-order chi connectivity index (χ0) is 10.7. The molecule has 1 aromatic carbocycles. The van der Waals surface area contributed by atoms with Crippen molar-refractivity contribution in [3.63, 3.8) is 0 Å². The van der Waals surface area contributed by atoms with Gasteiger partial charge in [0.1, 0.15) is 0 Å². The van der Waals surface area contributed by atoms with Gasteiger partial charge >= 0.3 is 0 Å². The Morgan fingerprint density at radius 1 is 1.29 bits per heavy atom. The number of anilines is 1. The van der Waals surface area contributed by atoms with Crippen LogP contribution < -0.4 is 5.73 Å². The van der Waals surface area contributed by atoms with Gasteiger partial charge in [-0.2, -0.15) is 0 Å². The molecule has 1 aromatic rings. The number of halogens is 1. The van der Waals surface area contributed by atoms with E-state index in [0.29, 0.717) is 11.2 Å². The predicted molar refractivity (Wildman–Crippen MR) is 66.0 cm³/mol. The monoisotopic (exact) mass is 229 g/mol. The highest BCUT2D eigenvalue weighted by molar-refractivity contribution is 8.00. The molecule has 0 saturated heterocycles. The number of nitrogen functional groups attached to an aromatic ring is 1. The fourth-order valence-electron chi connectivity index (χ4n) is 0.947. The molecule has 0 radical (unpaired) electrons. The smallest absolute Gasteiger partial charge is 0.0453 e. The van der Waals surface area contributed by atoms with E-state index in [0.717, 1.165) is 15.6 Å². The van der Waals surface area contributed by atoms with Crippen molar-refractivity contribution in [2.45, 2.75) is 30.9 Å². The van der Waals surface area contributed by atoms with Crippen molar-refractivity contribution in [1.29, 1.82) is 0 Å². The molecular weight excluding hydrogens is 214 g/mol. The highest BCUT2D eigenvalue weighted by Gasteiger charge is 2.10.